The Hall–Kier alpha value is -3.35. The second-order valence-electron chi connectivity index (χ2n) is 8.28. The molecule has 3 heterocycles. The van der Waals surface area contributed by atoms with Crippen molar-refractivity contribution in [3.8, 4) is 11.5 Å². The fourth-order valence-corrected chi connectivity index (χ4v) is 3.84. The smallest absolute Gasteiger partial charge is 0.226 e. The maximum atomic E-state index is 12.8. The molecule has 0 radical (unpaired) electrons. The normalized spacial score (nSPS) is 14.5. The van der Waals surface area contributed by atoms with E-state index in [4.69, 9.17) is 4.98 Å². The van der Waals surface area contributed by atoms with E-state index in [9.17, 15) is 4.79 Å². The Morgan fingerprint density at radius 2 is 1.84 bits per heavy atom. The first-order valence-electron chi connectivity index (χ1n) is 10.7. The van der Waals surface area contributed by atoms with Gasteiger partial charge in [0.25, 0.3) is 0 Å². The molecule has 1 saturated heterocycles. The van der Waals surface area contributed by atoms with Crippen molar-refractivity contribution >= 4 is 11.7 Å². The number of aromatic nitrogens is 4. The molecule has 0 N–H and O–H groups in total. The van der Waals surface area contributed by atoms with Crippen molar-refractivity contribution in [3.05, 3.63) is 65.7 Å². The van der Waals surface area contributed by atoms with Crippen LogP contribution in [0.3, 0.4) is 0 Å². The Bertz CT molecular complexity index is 1030. The van der Waals surface area contributed by atoms with E-state index in [0.717, 1.165) is 43.0 Å². The molecule has 160 valence electrons. The van der Waals surface area contributed by atoms with E-state index in [1.165, 1.54) is 5.56 Å². The summed E-state index contributed by atoms with van der Waals surface area (Å²) in [4.78, 5) is 34.7. The van der Waals surface area contributed by atoms with Crippen LogP contribution in [-0.2, 0) is 11.2 Å². The van der Waals surface area contributed by atoms with Crippen molar-refractivity contribution in [2.45, 2.75) is 32.1 Å². The van der Waals surface area contributed by atoms with Gasteiger partial charge < -0.3 is 9.80 Å². The van der Waals surface area contributed by atoms with E-state index in [1.54, 1.807) is 18.6 Å². The van der Waals surface area contributed by atoms with Gasteiger partial charge in [-0.3, -0.25) is 9.78 Å². The highest BCUT2D eigenvalue weighted by atomic mass is 16.2. The van der Waals surface area contributed by atoms with Crippen LogP contribution >= 0.6 is 0 Å². The molecule has 0 spiro atoms. The van der Waals surface area contributed by atoms with Crippen LogP contribution < -0.4 is 4.90 Å². The molecule has 0 aliphatic carbocycles. The quantitative estimate of drug-likeness (QED) is 0.636. The molecule has 0 unspecified atom stereocenters. The lowest BCUT2D eigenvalue weighted by molar-refractivity contribution is -0.131. The topological polar surface area (TPSA) is 75.1 Å². The molecule has 1 aliphatic heterocycles. The molecule has 1 aliphatic rings. The molecular formula is C24H28N6O. The first-order chi connectivity index (χ1) is 15.0. The second-order valence-corrected chi connectivity index (χ2v) is 8.28. The number of amides is 1. The van der Waals surface area contributed by atoms with Crippen molar-refractivity contribution in [3.63, 3.8) is 0 Å². The van der Waals surface area contributed by atoms with Gasteiger partial charge in [-0.25, -0.2) is 15.0 Å². The molecule has 1 fully saturated rings. The zero-order chi connectivity index (χ0) is 21.8. The SMILES string of the molecule is Cc1ccc(CC(=O)N2CCC(c3cc(N(C)C)nc(-c4cnccn4)n3)CC2)cc1. The summed E-state index contributed by atoms with van der Waals surface area (Å²) in [5, 5.41) is 0. The number of anilines is 1. The molecule has 7 nitrogen and oxygen atoms in total. The summed E-state index contributed by atoms with van der Waals surface area (Å²) in [6.45, 7) is 3.55. The summed E-state index contributed by atoms with van der Waals surface area (Å²) in [5.41, 5.74) is 3.95. The number of piperidine rings is 1. The number of aryl methyl sites for hydroxylation is 1. The fraction of sp³-hybridized carbons (Fsp3) is 0.375. The third kappa shape index (κ3) is 5.05. The molecule has 0 saturated carbocycles. The molecule has 4 rings (SSSR count). The van der Waals surface area contributed by atoms with Gasteiger partial charge in [0, 0.05) is 57.3 Å². The van der Waals surface area contributed by atoms with Gasteiger partial charge in [0.05, 0.1) is 12.6 Å². The predicted molar refractivity (Wildman–Crippen MR) is 121 cm³/mol. The second kappa shape index (κ2) is 9.20. The van der Waals surface area contributed by atoms with Gasteiger partial charge in [0.1, 0.15) is 11.5 Å². The average molecular weight is 417 g/mol. The monoisotopic (exact) mass is 416 g/mol. The highest BCUT2D eigenvalue weighted by Crippen LogP contribution is 2.30. The van der Waals surface area contributed by atoms with Crippen LogP contribution in [0, 0.1) is 6.92 Å². The number of hydrogen-bond donors (Lipinski definition) is 0. The van der Waals surface area contributed by atoms with Crippen molar-refractivity contribution in [2.24, 2.45) is 0 Å². The lowest BCUT2D eigenvalue weighted by atomic mass is 9.92. The Morgan fingerprint density at radius 1 is 1.10 bits per heavy atom. The zero-order valence-electron chi connectivity index (χ0n) is 18.3. The Balaban J connectivity index is 1.46. The summed E-state index contributed by atoms with van der Waals surface area (Å²) in [5.74, 6) is 1.93. The Morgan fingerprint density at radius 3 is 2.48 bits per heavy atom. The number of benzene rings is 1. The van der Waals surface area contributed by atoms with E-state index in [0.29, 0.717) is 23.9 Å². The van der Waals surface area contributed by atoms with Crippen LogP contribution in [0.2, 0.25) is 0 Å². The van der Waals surface area contributed by atoms with Crippen molar-refractivity contribution < 1.29 is 4.79 Å². The zero-order valence-corrected chi connectivity index (χ0v) is 18.3. The standard InChI is InChI=1S/C24H28N6O/c1-17-4-6-18(7-5-17)14-23(31)30-12-8-19(9-13-30)20-15-22(29(2)3)28-24(27-20)21-16-25-10-11-26-21/h4-7,10-11,15-16,19H,8-9,12-14H2,1-3H3. The first kappa shape index (κ1) is 20.9. The van der Waals surface area contributed by atoms with Crippen LogP contribution in [0.5, 0.6) is 0 Å². The van der Waals surface area contributed by atoms with Gasteiger partial charge in [-0.05, 0) is 25.3 Å². The molecule has 31 heavy (non-hydrogen) atoms. The van der Waals surface area contributed by atoms with Gasteiger partial charge >= 0.3 is 0 Å². The molecule has 3 aromatic rings. The van der Waals surface area contributed by atoms with Gasteiger partial charge in [-0.2, -0.15) is 0 Å². The molecular weight excluding hydrogens is 388 g/mol. The van der Waals surface area contributed by atoms with Crippen LogP contribution in [0.4, 0.5) is 5.82 Å². The minimum absolute atomic E-state index is 0.194. The van der Waals surface area contributed by atoms with E-state index in [-0.39, 0.29) is 5.91 Å². The largest absolute Gasteiger partial charge is 0.363 e. The number of hydrogen-bond acceptors (Lipinski definition) is 6. The van der Waals surface area contributed by atoms with Gasteiger partial charge in [0.15, 0.2) is 5.82 Å². The Kier molecular flexibility index (Phi) is 6.21. The fourth-order valence-electron chi connectivity index (χ4n) is 3.84. The number of likely N-dealkylation sites (tertiary alicyclic amines) is 1. The predicted octanol–water partition coefficient (Wildman–Crippen LogP) is 3.26. The van der Waals surface area contributed by atoms with Crippen molar-refractivity contribution in [1.29, 1.82) is 0 Å². The molecule has 1 aromatic carbocycles. The lowest BCUT2D eigenvalue weighted by Gasteiger charge is -2.32. The van der Waals surface area contributed by atoms with Crippen molar-refractivity contribution in [2.75, 3.05) is 32.1 Å². The molecule has 7 heteroatoms. The molecule has 0 bridgehead atoms. The first-order valence-corrected chi connectivity index (χ1v) is 10.7. The summed E-state index contributed by atoms with van der Waals surface area (Å²) >= 11 is 0. The minimum atomic E-state index is 0.194. The summed E-state index contributed by atoms with van der Waals surface area (Å²) in [7, 11) is 3.94. The number of rotatable bonds is 5. The summed E-state index contributed by atoms with van der Waals surface area (Å²) < 4.78 is 0. The maximum Gasteiger partial charge on any atom is 0.226 e. The van der Waals surface area contributed by atoms with Crippen molar-refractivity contribution in [1.82, 2.24) is 24.8 Å². The van der Waals surface area contributed by atoms with E-state index < -0.39 is 0 Å². The van der Waals surface area contributed by atoms with E-state index in [1.807, 2.05) is 42.1 Å². The highest BCUT2D eigenvalue weighted by molar-refractivity contribution is 5.78. The van der Waals surface area contributed by atoms with Crippen LogP contribution in [0.15, 0.2) is 48.9 Å². The van der Waals surface area contributed by atoms with E-state index >= 15 is 0 Å². The number of nitrogens with zero attached hydrogens (tertiary/aromatic N) is 6. The van der Waals surface area contributed by atoms with Gasteiger partial charge in [-0.15, -0.1) is 0 Å². The molecule has 2 aromatic heterocycles. The van der Waals surface area contributed by atoms with E-state index in [2.05, 4.69) is 34.0 Å². The minimum Gasteiger partial charge on any atom is -0.363 e. The van der Waals surface area contributed by atoms with Crippen LogP contribution in [-0.4, -0.2) is 57.9 Å². The third-order valence-corrected chi connectivity index (χ3v) is 5.72. The summed E-state index contributed by atoms with van der Waals surface area (Å²) in [6, 6.07) is 10.2. The maximum absolute atomic E-state index is 12.8. The van der Waals surface area contributed by atoms with Crippen LogP contribution in [0.1, 0.15) is 35.6 Å². The number of carbonyl (C=O) groups excluding carboxylic acids is 1. The molecule has 0 atom stereocenters. The van der Waals surface area contributed by atoms with Gasteiger partial charge in [-0.1, -0.05) is 29.8 Å². The summed E-state index contributed by atoms with van der Waals surface area (Å²) in [6.07, 6.45) is 7.22. The Labute approximate surface area is 183 Å². The molecule has 1 amide bonds. The number of carbonyl (C=O) groups is 1. The highest BCUT2D eigenvalue weighted by Gasteiger charge is 2.26. The van der Waals surface area contributed by atoms with Gasteiger partial charge in [0.2, 0.25) is 5.91 Å². The average Bonchev–Trinajstić information content (AvgIpc) is 2.81. The third-order valence-electron chi connectivity index (χ3n) is 5.72. The van der Waals surface area contributed by atoms with Crippen LogP contribution in [0.25, 0.3) is 11.5 Å². The lowest BCUT2D eigenvalue weighted by Crippen LogP contribution is -2.39.